The van der Waals surface area contributed by atoms with Crippen LogP contribution in [0.5, 0.6) is 0 Å². The third-order valence-electron chi connectivity index (χ3n) is 2.95. The van der Waals surface area contributed by atoms with Crippen LogP contribution in [0.2, 0.25) is 0 Å². The Hall–Kier alpha value is -0.390. The number of halogens is 2. The van der Waals surface area contributed by atoms with Crippen molar-refractivity contribution in [3.63, 3.8) is 0 Å². The molecule has 1 fully saturated rings. The summed E-state index contributed by atoms with van der Waals surface area (Å²) in [7, 11) is 0. The van der Waals surface area contributed by atoms with Crippen molar-refractivity contribution in [1.82, 2.24) is 0 Å². The van der Waals surface area contributed by atoms with Crippen molar-refractivity contribution in [2.75, 3.05) is 19.8 Å². The minimum atomic E-state index is -2.60. The molecule has 0 aromatic rings. The minimum absolute atomic E-state index is 0.112. The molecule has 0 amide bonds. The topological polar surface area (TPSA) is 44.8 Å². The van der Waals surface area contributed by atoms with Gasteiger partial charge in [0.1, 0.15) is 0 Å². The number of esters is 1. The van der Waals surface area contributed by atoms with Gasteiger partial charge in [-0.15, -0.1) is 0 Å². The molecule has 0 aromatic carbocycles. The number of hydrogen-bond acceptors (Lipinski definition) is 4. The highest BCUT2D eigenvalue weighted by Gasteiger charge is 2.58. The predicted molar refractivity (Wildman–Crippen MR) is 69.9 cm³/mol. The van der Waals surface area contributed by atoms with E-state index in [1.54, 1.807) is 0 Å². The van der Waals surface area contributed by atoms with Crippen LogP contribution in [0.25, 0.3) is 0 Å². The number of cyclic esters (lactones) is 1. The van der Waals surface area contributed by atoms with E-state index in [1.807, 2.05) is 13.8 Å². The Balaban J connectivity index is 2.49. The second kappa shape index (κ2) is 8.02. The van der Waals surface area contributed by atoms with Gasteiger partial charge in [-0.25, -0.2) is 9.18 Å². The Morgan fingerprint density at radius 1 is 1.32 bits per heavy atom. The van der Waals surface area contributed by atoms with Crippen LogP contribution in [0.3, 0.4) is 0 Å². The monoisotopic (exact) mass is 296 g/mol. The maximum atomic E-state index is 14.0. The highest BCUT2D eigenvalue weighted by atomic mass is 35.5. The fraction of sp³-hybridized carbons (Fsp3) is 0.923. The Bertz CT molecular complexity index is 286. The van der Waals surface area contributed by atoms with Gasteiger partial charge in [-0.2, -0.15) is 0 Å². The van der Waals surface area contributed by atoms with Gasteiger partial charge in [0, 0.05) is 13.2 Å². The van der Waals surface area contributed by atoms with Gasteiger partial charge in [0.05, 0.1) is 6.61 Å². The average Bonchev–Trinajstić information content (AvgIpc) is 2.58. The quantitative estimate of drug-likeness (QED) is 0.373. The van der Waals surface area contributed by atoms with E-state index in [0.717, 1.165) is 25.7 Å². The SMILES string of the molecule is CCCCOC[C@H]1OC(=O)[C@@](F)(Cl)[C@H]1OCCCC. The fourth-order valence-corrected chi connectivity index (χ4v) is 2.01. The van der Waals surface area contributed by atoms with Gasteiger partial charge in [-0.1, -0.05) is 38.3 Å². The lowest BCUT2D eigenvalue weighted by atomic mass is 10.1. The largest absolute Gasteiger partial charge is 0.454 e. The van der Waals surface area contributed by atoms with Gasteiger partial charge < -0.3 is 14.2 Å². The molecule has 0 unspecified atom stereocenters. The van der Waals surface area contributed by atoms with Gasteiger partial charge in [0.15, 0.2) is 12.2 Å². The van der Waals surface area contributed by atoms with Crippen LogP contribution in [0.15, 0.2) is 0 Å². The number of rotatable bonds is 9. The molecule has 4 nitrogen and oxygen atoms in total. The summed E-state index contributed by atoms with van der Waals surface area (Å²) in [6.45, 7) is 5.05. The summed E-state index contributed by atoms with van der Waals surface area (Å²) in [5.41, 5.74) is 0. The van der Waals surface area contributed by atoms with E-state index in [-0.39, 0.29) is 6.61 Å². The number of carbonyl (C=O) groups is 1. The molecule has 19 heavy (non-hydrogen) atoms. The molecule has 1 heterocycles. The lowest BCUT2D eigenvalue weighted by molar-refractivity contribution is -0.148. The van der Waals surface area contributed by atoms with Crippen LogP contribution < -0.4 is 0 Å². The van der Waals surface area contributed by atoms with Crippen LogP contribution in [0.1, 0.15) is 39.5 Å². The van der Waals surface area contributed by atoms with E-state index < -0.39 is 23.3 Å². The molecule has 1 rings (SSSR count). The molecule has 0 N–H and O–H groups in total. The number of hydrogen-bond donors (Lipinski definition) is 0. The Morgan fingerprint density at radius 2 is 1.95 bits per heavy atom. The molecule has 0 aromatic heterocycles. The maximum absolute atomic E-state index is 14.0. The summed E-state index contributed by atoms with van der Waals surface area (Å²) in [5, 5.41) is -2.60. The summed E-state index contributed by atoms with van der Waals surface area (Å²) in [5.74, 6) is -1.08. The Labute approximate surface area is 118 Å². The molecule has 0 radical (unpaired) electrons. The molecule has 0 saturated carbocycles. The maximum Gasteiger partial charge on any atom is 0.363 e. The second-order valence-electron chi connectivity index (χ2n) is 4.64. The molecule has 0 bridgehead atoms. The lowest BCUT2D eigenvalue weighted by Gasteiger charge is -2.21. The molecular formula is C13H22ClFO4. The van der Waals surface area contributed by atoms with Gasteiger partial charge in [-0.05, 0) is 12.8 Å². The van der Waals surface area contributed by atoms with E-state index in [0.29, 0.717) is 13.2 Å². The molecular weight excluding hydrogens is 275 g/mol. The molecule has 1 aliphatic rings. The Kier molecular flexibility index (Phi) is 7.04. The van der Waals surface area contributed by atoms with E-state index in [2.05, 4.69) is 0 Å². The standard InChI is InChI=1S/C13H22ClFO4/c1-3-5-7-17-9-10-11(18-8-6-4-2)13(14,15)12(16)19-10/h10-11H,3-9H2,1-2H3/t10-,11+,13-/m1/s1. The van der Waals surface area contributed by atoms with E-state index in [9.17, 15) is 9.18 Å². The van der Waals surface area contributed by atoms with Crippen LogP contribution in [-0.2, 0) is 19.0 Å². The number of unbranched alkanes of at least 4 members (excludes halogenated alkanes) is 2. The van der Waals surface area contributed by atoms with Crippen molar-refractivity contribution in [2.45, 2.75) is 56.9 Å². The smallest absolute Gasteiger partial charge is 0.363 e. The van der Waals surface area contributed by atoms with Crippen LogP contribution >= 0.6 is 11.6 Å². The molecule has 112 valence electrons. The number of carbonyl (C=O) groups excluding carboxylic acids is 1. The summed E-state index contributed by atoms with van der Waals surface area (Å²) in [4.78, 5) is 11.4. The van der Waals surface area contributed by atoms with Crippen molar-refractivity contribution in [2.24, 2.45) is 0 Å². The minimum Gasteiger partial charge on any atom is -0.454 e. The van der Waals surface area contributed by atoms with Gasteiger partial charge in [0.2, 0.25) is 0 Å². The fourth-order valence-electron chi connectivity index (χ4n) is 1.76. The van der Waals surface area contributed by atoms with Crippen molar-refractivity contribution in [1.29, 1.82) is 0 Å². The number of ether oxygens (including phenoxy) is 3. The molecule has 3 atom stereocenters. The van der Waals surface area contributed by atoms with E-state index >= 15 is 0 Å². The van der Waals surface area contributed by atoms with Crippen molar-refractivity contribution >= 4 is 17.6 Å². The first kappa shape index (κ1) is 16.7. The van der Waals surface area contributed by atoms with Crippen molar-refractivity contribution in [3.8, 4) is 0 Å². The molecule has 0 aliphatic carbocycles. The molecule has 1 aliphatic heterocycles. The molecule has 1 saturated heterocycles. The highest BCUT2D eigenvalue weighted by Crippen LogP contribution is 2.36. The third kappa shape index (κ3) is 4.58. The van der Waals surface area contributed by atoms with Gasteiger partial charge in [0.25, 0.3) is 0 Å². The summed E-state index contributed by atoms with van der Waals surface area (Å²) < 4.78 is 29.7. The first-order valence-electron chi connectivity index (χ1n) is 6.82. The van der Waals surface area contributed by atoms with Gasteiger partial charge in [-0.3, -0.25) is 0 Å². The van der Waals surface area contributed by atoms with E-state index in [1.165, 1.54) is 0 Å². The van der Waals surface area contributed by atoms with E-state index in [4.69, 9.17) is 25.8 Å². The van der Waals surface area contributed by atoms with Crippen molar-refractivity contribution < 1.29 is 23.4 Å². The zero-order valence-corrected chi connectivity index (χ0v) is 12.2. The van der Waals surface area contributed by atoms with Gasteiger partial charge >= 0.3 is 11.1 Å². The predicted octanol–water partition coefficient (Wildman–Crippen LogP) is 2.82. The van der Waals surface area contributed by atoms with Crippen LogP contribution in [0, 0.1) is 0 Å². The van der Waals surface area contributed by atoms with Crippen LogP contribution in [-0.4, -0.2) is 43.1 Å². The zero-order chi connectivity index (χ0) is 14.3. The normalized spacial score (nSPS) is 30.6. The molecule has 0 spiro atoms. The lowest BCUT2D eigenvalue weighted by Crippen LogP contribution is -2.41. The summed E-state index contributed by atoms with van der Waals surface area (Å²) in [6.07, 6.45) is 1.73. The average molecular weight is 297 g/mol. The third-order valence-corrected chi connectivity index (χ3v) is 3.31. The summed E-state index contributed by atoms with van der Waals surface area (Å²) in [6, 6.07) is 0. The zero-order valence-electron chi connectivity index (χ0n) is 11.5. The summed E-state index contributed by atoms with van der Waals surface area (Å²) >= 11 is 5.58. The van der Waals surface area contributed by atoms with Crippen LogP contribution in [0.4, 0.5) is 4.39 Å². The second-order valence-corrected chi connectivity index (χ2v) is 5.19. The van der Waals surface area contributed by atoms with Crippen molar-refractivity contribution in [3.05, 3.63) is 0 Å². The number of alkyl halides is 2. The molecule has 6 heteroatoms. The highest BCUT2D eigenvalue weighted by molar-refractivity contribution is 6.33. The first-order valence-corrected chi connectivity index (χ1v) is 7.20. The first-order chi connectivity index (χ1) is 9.04. The Morgan fingerprint density at radius 3 is 2.58 bits per heavy atom.